The van der Waals surface area contributed by atoms with Crippen molar-refractivity contribution < 1.29 is 9.15 Å². The first-order valence-electron chi connectivity index (χ1n) is 19.2. The van der Waals surface area contributed by atoms with Crippen LogP contribution in [0, 0.1) is 0 Å². The van der Waals surface area contributed by atoms with Crippen LogP contribution in [0.2, 0.25) is 0 Å². The molecule has 0 bridgehead atoms. The Labute approximate surface area is 324 Å². The standard InChI is InChI=1S/C53H33NO2/c1-2-15-34(16-3-1)37-18-7-11-24-46(37)54(47-25-14-28-50-51(47)41-21-8-12-26-48(41)55-50)36-30-31-40-39-20-6-9-22-42(39)53(45(40)33-36)43-23-10-13-27-49(43)56-52-38-19-5-4-17-35(38)29-32-44(52)53/h1-33H. The number of anilines is 3. The fraction of sp³-hybridized carbons (Fsp3) is 0.0189. The minimum Gasteiger partial charge on any atom is -0.456 e. The van der Waals surface area contributed by atoms with Crippen LogP contribution in [0.3, 0.4) is 0 Å². The van der Waals surface area contributed by atoms with E-state index < -0.39 is 5.41 Å². The molecule has 0 amide bonds. The molecule has 3 nitrogen and oxygen atoms in total. The fourth-order valence-corrected chi connectivity index (χ4v) is 9.64. The molecule has 0 N–H and O–H groups in total. The van der Waals surface area contributed by atoms with Gasteiger partial charge in [0.05, 0.1) is 22.2 Å². The van der Waals surface area contributed by atoms with Gasteiger partial charge in [0.15, 0.2) is 0 Å². The zero-order valence-electron chi connectivity index (χ0n) is 30.3. The zero-order chi connectivity index (χ0) is 36.8. The van der Waals surface area contributed by atoms with Gasteiger partial charge in [-0.05, 0) is 75.7 Å². The number of fused-ring (bicyclic) bond motifs is 14. The van der Waals surface area contributed by atoms with Gasteiger partial charge in [0.25, 0.3) is 0 Å². The van der Waals surface area contributed by atoms with E-state index in [2.05, 4.69) is 199 Å². The van der Waals surface area contributed by atoms with Crippen molar-refractivity contribution in [2.24, 2.45) is 0 Å². The maximum absolute atomic E-state index is 6.95. The van der Waals surface area contributed by atoms with Crippen LogP contribution >= 0.6 is 0 Å². The van der Waals surface area contributed by atoms with Gasteiger partial charge in [-0.1, -0.05) is 158 Å². The fourth-order valence-electron chi connectivity index (χ4n) is 9.64. The van der Waals surface area contributed by atoms with E-state index in [1.54, 1.807) is 0 Å². The molecule has 12 rings (SSSR count). The van der Waals surface area contributed by atoms with Gasteiger partial charge < -0.3 is 14.1 Å². The highest BCUT2D eigenvalue weighted by Gasteiger charge is 2.51. The largest absolute Gasteiger partial charge is 0.456 e. The van der Waals surface area contributed by atoms with E-state index in [0.717, 1.165) is 83.5 Å². The lowest BCUT2D eigenvalue weighted by Crippen LogP contribution is -2.32. The number of hydrogen-bond acceptors (Lipinski definition) is 3. The molecular weight excluding hydrogens is 683 g/mol. The normalized spacial score (nSPS) is 15.0. The van der Waals surface area contributed by atoms with Crippen LogP contribution in [0.1, 0.15) is 22.3 Å². The highest BCUT2D eigenvalue weighted by molar-refractivity contribution is 6.14. The predicted octanol–water partition coefficient (Wildman–Crippen LogP) is 14.3. The maximum atomic E-state index is 6.95. The average molecular weight is 716 g/mol. The topological polar surface area (TPSA) is 25.6 Å². The highest BCUT2D eigenvalue weighted by Crippen LogP contribution is 2.63. The van der Waals surface area contributed by atoms with E-state index >= 15 is 0 Å². The van der Waals surface area contributed by atoms with E-state index in [-0.39, 0.29) is 0 Å². The summed E-state index contributed by atoms with van der Waals surface area (Å²) < 4.78 is 13.5. The van der Waals surface area contributed by atoms with Crippen molar-refractivity contribution in [3.05, 3.63) is 222 Å². The van der Waals surface area contributed by atoms with Crippen molar-refractivity contribution in [1.82, 2.24) is 0 Å². The molecule has 1 spiro atoms. The Morgan fingerprint density at radius 3 is 2.00 bits per heavy atom. The number of ether oxygens (including phenoxy) is 1. The van der Waals surface area contributed by atoms with Gasteiger partial charge in [-0.3, -0.25) is 0 Å². The Balaban J connectivity index is 1.20. The van der Waals surface area contributed by atoms with Gasteiger partial charge in [-0.25, -0.2) is 0 Å². The molecule has 262 valence electrons. The predicted molar refractivity (Wildman–Crippen MR) is 229 cm³/mol. The van der Waals surface area contributed by atoms with Crippen molar-refractivity contribution in [1.29, 1.82) is 0 Å². The molecule has 0 saturated heterocycles. The first-order valence-corrected chi connectivity index (χ1v) is 19.2. The molecule has 1 atom stereocenters. The Bertz CT molecular complexity index is 3200. The molecule has 56 heavy (non-hydrogen) atoms. The molecule has 0 radical (unpaired) electrons. The van der Waals surface area contributed by atoms with Crippen molar-refractivity contribution in [3.63, 3.8) is 0 Å². The molecule has 2 heterocycles. The van der Waals surface area contributed by atoms with Crippen molar-refractivity contribution in [2.45, 2.75) is 5.41 Å². The summed E-state index contributed by atoms with van der Waals surface area (Å²) in [5, 5.41) is 4.44. The van der Waals surface area contributed by atoms with Crippen LogP contribution in [-0.4, -0.2) is 0 Å². The molecule has 0 fully saturated rings. The number of benzene rings is 9. The molecule has 0 saturated carbocycles. The van der Waals surface area contributed by atoms with Crippen molar-refractivity contribution in [2.75, 3.05) is 4.90 Å². The second-order valence-corrected chi connectivity index (χ2v) is 14.8. The molecular formula is C53H33NO2. The van der Waals surface area contributed by atoms with Gasteiger partial charge >= 0.3 is 0 Å². The summed E-state index contributed by atoms with van der Waals surface area (Å²) in [4.78, 5) is 2.44. The van der Waals surface area contributed by atoms with Crippen LogP contribution in [0.5, 0.6) is 11.5 Å². The minimum atomic E-state index is -0.630. The van der Waals surface area contributed by atoms with Crippen molar-refractivity contribution >= 4 is 49.8 Å². The Hall–Kier alpha value is -7.36. The maximum Gasteiger partial charge on any atom is 0.140 e. The van der Waals surface area contributed by atoms with Gasteiger partial charge in [0.1, 0.15) is 22.7 Å². The molecule has 9 aromatic carbocycles. The molecule has 2 aliphatic rings. The van der Waals surface area contributed by atoms with Gasteiger partial charge in [-0.15, -0.1) is 0 Å². The van der Waals surface area contributed by atoms with E-state index in [4.69, 9.17) is 9.15 Å². The SMILES string of the molecule is c1ccc(-c2ccccc2N(c2ccc3c(c2)C2(c4ccccc4Oc4c2ccc2ccccc42)c2ccccc2-3)c2cccc3oc4ccccc4c23)cc1. The third-order valence-corrected chi connectivity index (χ3v) is 11.9. The number of para-hydroxylation sites is 3. The smallest absolute Gasteiger partial charge is 0.140 e. The summed E-state index contributed by atoms with van der Waals surface area (Å²) in [6.07, 6.45) is 0. The van der Waals surface area contributed by atoms with E-state index in [0.29, 0.717) is 0 Å². The summed E-state index contributed by atoms with van der Waals surface area (Å²) in [7, 11) is 0. The second-order valence-electron chi connectivity index (χ2n) is 14.8. The summed E-state index contributed by atoms with van der Waals surface area (Å²) in [6.45, 7) is 0. The second kappa shape index (κ2) is 11.8. The Morgan fingerprint density at radius 2 is 1.09 bits per heavy atom. The molecule has 10 aromatic rings. The molecule has 1 unspecified atom stereocenters. The number of nitrogens with zero attached hydrogens (tertiary/aromatic N) is 1. The van der Waals surface area contributed by atoms with Crippen LogP contribution < -0.4 is 9.64 Å². The Morgan fingerprint density at radius 1 is 0.411 bits per heavy atom. The lowest BCUT2D eigenvalue weighted by atomic mass is 9.65. The number of rotatable bonds is 4. The van der Waals surface area contributed by atoms with Crippen LogP contribution in [0.15, 0.2) is 205 Å². The lowest BCUT2D eigenvalue weighted by Gasteiger charge is -2.40. The Kier molecular flexibility index (Phi) is 6.55. The zero-order valence-corrected chi connectivity index (χ0v) is 30.3. The summed E-state index contributed by atoms with van der Waals surface area (Å²) in [6, 6.07) is 71.9. The van der Waals surface area contributed by atoms with Gasteiger partial charge in [0, 0.05) is 33.2 Å². The first kappa shape index (κ1) is 31.0. The quantitative estimate of drug-likeness (QED) is 0.181. The van der Waals surface area contributed by atoms with E-state index in [1.807, 2.05) is 6.07 Å². The third kappa shape index (κ3) is 4.22. The van der Waals surface area contributed by atoms with Crippen LogP contribution in [-0.2, 0) is 5.41 Å². The van der Waals surface area contributed by atoms with E-state index in [1.165, 1.54) is 22.3 Å². The number of furan rings is 1. The highest BCUT2D eigenvalue weighted by atomic mass is 16.5. The van der Waals surface area contributed by atoms with E-state index in [9.17, 15) is 0 Å². The minimum absolute atomic E-state index is 0.630. The lowest BCUT2D eigenvalue weighted by molar-refractivity contribution is 0.441. The molecule has 1 aliphatic heterocycles. The third-order valence-electron chi connectivity index (χ3n) is 11.9. The molecule has 3 heteroatoms. The molecule has 1 aliphatic carbocycles. The summed E-state index contributed by atoms with van der Waals surface area (Å²) in [5.74, 6) is 1.79. The summed E-state index contributed by atoms with van der Waals surface area (Å²) in [5.41, 5.74) is 13.8. The molecule has 1 aromatic heterocycles. The first-order chi connectivity index (χ1) is 27.8. The number of hydrogen-bond donors (Lipinski definition) is 0. The van der Waals surface area contributed by atoms with Crippen LogP contribution in [0.4, 0.5) is 17.1 Å². The average Bonchev–Trinajstić information content (AvgIpc) is 3.79. The summed E-state index contributed by atoms with van der Waals surface area (Å²) >= 11 is 0. The van der Waals surface area contributed by atoms with Gasteiger partial charge in [-0.2, -0.15) is 0 Å². The van der Waals surface area contributed by atoms with Gasteiger partial charge in [0.2, 0.25) is 0 Å². The van der Waals surface area contributed by atoms with Crippen molar-refractivity contribution in [3.8, 4) is 33.8 Å². The van der Waals surface area contributed by atoms with Crippen LogP contribution in [0.25, 0.3) is 55.0 Å². The monoisotopic (exact) mass is 715 g/mol.